The Labute approximate surface area is 295 Å². The maximum Gasteiger partial charge on any atom is 0.164 e. The van der Waals surface area contributed by atoms with Crippen molar-refractivity contribution >= 4 is 43.4 Å². The fourth-order valence-corrected chi connectivity index (χ4v) is 7.43. The van der Waals surface area contributed by atoms with Crippen molar-refractivity contribution < 1.29 is 0 Å². The largest absolute Gasteiger partial charge is 0.309 e. The zero-order valence-corrected chi connectivity index (χ0v) is 27.6. The summed E-state index contributed by atoms with van der Waals surface area (Å²) in [5, 5.41) is 7.44. The molecule has 51 heavy (non-hydrogen) atoms. The highest BCUT2D eigenvalue weighted by atomic mass is 15.0. The number of hydrogen-bond acceptors (Lipinski definition) is 3. The van der Waals surface area contributed by atoms with E-state index in [4.69, 9.17) is 15.0 Å². The highest BCUT2D eigenvalue weighted by molar-refractivity contribution is 6.21. The Hall–Kier alpha value is -6.91. The van der Waals surface area contributed by atoms with Gasteiger partial charge >= 0.3 is 0 Å². The second kappa shape index (κ2) is 11.9. The minimum atomic E-state index is 0.630. The highest BCUT2D eigenvalue weighted by Gasteiger charge is 2.17. The van der Waals surface area contributed by atoms with Crippen LogP contribution in [-0.2, 0) is 0 Å². The van der Waals surface area contributed by atoms with E-state index in [9.17, 15) is 0 Å². The van der Waals surface area contributed by atoms with Gasteiger partial charge in [0.25, 0.3) is 0 Å². The van der Waals surface area contributed by atoms with E-state index in [1.807, 2.05) is 30.3 Å². The molecule has 2 aromatic heterocycles. The van der Waals surface area contributed by atoms with Gasteiger partial charge in [0.1, 0.15) is 0 Å². The first-order valence-corrected chi connectivity index (χ1v) is 17.2. The normalized spacial score (nSPS) is 11.5. The SMILES string of the molecule is c1ccc(-c2nc(-c3ccc(-c4cccc5ccccc45)cc3)nc(-c3cccc(-n4c5ccccc5c5c6ccccc6ccc54)c3)n2)cc1. The summed E-state index contributed by atoms with van der Waals surface area (Å²) in [5.41, 5.74) is 8.54. The summed E-state index contributed by atoms with van der Waals surface area (Å²) >= 11 is 0. The number of aromatic nitrogens is 4. The molecule has 0 saturated carbocycles. The lowest BCUT2D eigenvalue weighted by molar-refractivity contribution is 1.07. The Balaban J connectivity index is 1.12. The monoisotopic (exact) mass is 650 g/mol. The molecule has 0 unspecified atom stereocenters. The van der Waals surface area contributed by atoms with E-state index in [1.165, 1.54) is 43.4 Å². The standard InChI is InChI=1S/C47H30N4/c1-2-14-34(15-3-1)45-48-46(35-26-24-33(25-27-35)39-22-11-16-31-12-4-6-19-38(31)39)50-47(49-45)36-17-10-18-37(30-36)51-42-23-9-8-21-41(42)44-40-20-7-5-13-32(40)28-29-43(44)51/h1-30H. The van der Waals surface area contributed by atoms with Gasteiger partial charge in [0, 0.05) is 33.2 Å². The van der Waals surface area contributed by atoms with E-state index in [0.717, 1.165) is 33.5 Å². The fourth-order valence-electron chi connectivity index (χ4n) is 7.43. The van der Waals surface area contributed by atoms with E-state index in [-0.39, 0.29) is 0 Å². The minimum Gasteiger partial charge on any atom is -0.309 e. The van der Waals surface area contributed by atoms with Crippen molar-refractivity contribution in [2.24, 2.45) is 0 Å². The Kier molecular flexibility index (Phi) is 6.78. The maximum atomic E-state index is 5.11. The van der Waals surface area contributed by atoms with Gasteiger partial charge in [0.2, 0.25) is 0 Å². The molecule has 8 aromatic carbocycles. The molecule has 238 valence electrons. The van der Waals surface area contributed by atoms with Gasteiger partial charge in [0.15, 0.2) is 17.5 Å². The van der Waals surface area contributed by atoms with Gasteiger partial charge in [-0.2, -0.15) is 0 Å². The molecule has 10 aromatic rings. The topological polar surface area (TPSA) is 43.6 Å². The number of rotatable bonds is 5. The van der Waals surface area contributed by atoms with Crippen LogP contribution < -0.4 is 0 Å². The molecule has 0 aliphatic carbocycles. The van der Waals surface area contributed by atoms with Crippen LogP contribution in [0.5, 0.6) is 0 Å². The molecule has 0 aliphatic heterocycles. The molecular weight excluding hydrogens is 621 g/mol. The molecule has 0 amide bonds. The lowest BCUT2D eigenvalue weighted by atomic mass is 9.97. The Morgan fingerprint density at radius 2 is 0.882 bits per heavy atom. The summed E-state index contributed by atoms with van der Waals surface area (Å²) in [6, 6.07) is 63.9. The van der Waals surface area contributed by atoms with Crippen molar-refractivity contribution in [1.82, 2.24) is 19.5 Å². The van der Waals surface area contributed by atoms with Crippen molar-refractivity contribution in [3.05, 3.63) is 182 Å². The van der Waals surface area contributed by atoms with Gasteiger partial charge in [0.05, 0.1) is 11.0 Å². The van der Waals surface area contributed by atoms with Gasteiger partial charge in [-0.15, -0.1) is 0 Å². The number of hydrogen-bond donors (Lipinski definition) is 0. The maximum absolute atomic E-state index is 5.11. The van der Waals surface area contributed by atoms with E-state index < -0.39 is 0 Å². The lowest BCUT2D eigenvalue weighted by Gasteiger charge is -2.12. The molecule has 0 fully saturated rings. The first-order chi connectivity index (χ1) is 25.3. The van der Waals surface area contributed by atoms with Crippen LogP contribution in [0.2, 0.25) is 0 Å². The van der Waals surface area contributed by atoms with Crippen LogP contribution in [-0.4, -0.2) is 19.5 Å². The average molecular weight is 651 g/mol. The van der Waals surface area contributed by atoms with Crippen molar-refractivity contribution in [1.29, 1.82) is 0 Å². The van der Waals surface area contributed by atoms with Gasteiger partial charge in [-0.25, -0.2) is 15.0 Å². The van der Waals surface area contributed by atoms with Crippen molar-refractivity contribution in [2.75, 3.05) is 0 Å². The molecule has 10 rings (SSSR count). The highest BCUT2D eigenvalue weighted by Crippen LogP contribution is 2.38. The first-order valence-electron chi connectivity index (χ1n) is 17.2. The summed E-state index contributed by atoms with van der Waals surface area (Å²) < 4.78 is 2.35. The third-order valence-corrected chi connectivity index (χ3v) is 9.84. The van der Waals surface area contributed by atoms with Gasteiger partial charge in [-0.1, -0.05) is 158 Å². The molecule has 4 heteroatoms. The number of fused-ring (bicyclic) bond motifs is 6. The van der Waals surface area contributed by atoms with Crippen LogP contribution in [0.25, 0.3) is 94.3 Å². The molecule has 0 atom stereocenters. The molecule has 0 N–H and O–H groups in total. The van der Waals surface area contributed by atoms with Crippen LogP contribution in [0.3, 0.4) is 0 Å². The summed E-state index contributed by atoms with van der Waals surface area (Å²) in [6.07, 6.45) is 0. The molecule has 4 nitrogen and oxygen atoms in total. The molecule has 0 saturated heterocycles. The van der Waals surface area contributed by atoms with Crippen LogP contribution >= 0.6 is 0 Å². The van der Waals surface area contributed by atoms with Crippen molar-refractivity contribution in [2.45, 2.75) is 0 Å². The zero-order chi connectivity index (χ0) is 33.7. The third-order valence-electron chi connectivity index (χ3n) is 9.84. The predicted octanol–water partition coefficient (Wildman–Crippen LogP) is 11.9. The molecule has 0 spiro atoms. The Morgan fingerprint density at radius 1 is 0.333 bits per heavy atom. The van der Waals surface area contributed by atoms with E-state index in [2.05, 4.69) is 156 Å². The summed E-state index contributed by atoms with van der Waals surface area (Å²) in [7, 11) is 0. The molecule has 0 bridgehead atoms. The fraction of sp³-hybridized carbons (Fsp3) is 0. The second-order valence-corrected chi connectivity index (χ2v) is 12.9. The Morgan fingerprint density at radius 3 is 1.67 bits per heavy atom. The van der Waals surface area contributed by atoms with Crippen LogP contribution in [0.15, 0.2) is 182 Å². The van der Waals surface area contributed by atoms with E-state index >= 15 is 0 Å². The van der Waals surface area contributed by atoms with E-state index in [1.54, 1.807) is 0 Å². The summed E-state index contributed by atoms with van der Waals surface area (Å²) in [5.74, 6) is 1.91. The average Bonchev–Trinajstić information content (AvgIpc) is 3.56. The second-order valence-electron chi connectivity index (χ2n) is 12.9. The molecule has 0 radical (unpaired) electrons. The molecular formula is C47H30N4. The van der Waals surface area contributed by atoms with Gasteiger partial charge in [-0.3, -0.25) is 0 Å². The Bertz CT molecular complexity index is 2900. The molecule has 0 aliphatic rings. The minimum absolute atomic E-state index is 0.630. The summed E-state index contributed by atoms with van der Waals surface area (Å²) in [6.45, 7) is 0. The van der Waals surface area contributed by atoms with Crippen LogP contribution in [0.4, 0.5) is 0 Å². The van der Waals surface area contributed by atoms with Gasteiger partial charge < -0.3 is 4.57 Å². The van der Waals surface area contributed by atoms with Crippen LogP contribution in [0, 0.1) is 0 Å². The quantitative estimate of drug-likeness (QED) is 0.186. The van der Waals surface area contributed by atoms with Gasteiger partial charge in [-0.05, 0) is 56.9 Å². The third kappa shape index (κ3) is 4.96. The smallest absolute Gasteiger partial charge is 0.164 e. The number of benzene rings is 8. The first kappa shape index (κ1) is 29.0. The van der Waals surface area contributed by atoms with Crippen molar-refractivity contribution in [3.63, 3.8) is 0 Å². The number of nitrogens with zero attached hydrogens (tertiary/aromatic N) is 4. The molecule has 2 heterocycles. The van der Waals surface area contributed by atoms with E-state index in [0.29, 0.717) is 17.5 Å². The predicted molar refractivity (Wildman–Crippen MR) is 211 cm³/mol. The summed E-state index contributed by atoms with van der Waals surface area (Å²) in [4.78, 5) is 15.2. The van der Waals surface area contributed by atoms with Crippen LogP contribution in [0.1, 0.15) is 0 Å². The zero-order valence-electron chi connectivity index (χ0n) is 27.6. The lowest BCUT2D eigenvalue weighted by Crippen LogP contribution is -2.01. The number of para-hydroxylation sites is 1. The van der Waals surface area contributed by atoms with Crippen molar-refractivity contribution in [3.8, 4) is 51.0 Å².